The Kier molecular flexibility index (Phi) is 3.29. The van der Waals surface area contributed by atoms with Crippen LogP contribution in [0.2, 0.25) is 0 Å². The maximum atomic E-state index is 11.3. The van der Waals surface area contributed by atoms with E-state index in [-0.39, 0.29) is 0 Å². The maximum absolute atomic E-state index is 11.3. The van der Waals surface area contributed by atoms with Crippen LogP contribution in [0.15, 0.2) is 41.3 Å². The summed E-state index contributed by atoms with van der Waals surface area (Å²) in [5.41, 5.74) is 1.53. The van der Waals surface area contributed by atoms with Crippen LogP contribution in [0.3, 0.4) is 0 Å². The Morgan fingerprint density at radius 3 is 2.11 bits per heavy atom. The fourth-order valence-corrected chi connectivity index (χ4v) is 2.12. The van der Waals surface area contributed by atoms with Gasteiger partial charge in [0.15, 0.2) is 9.84 Å². The van der Waals surface area contributed by atoms with Crippen LogP contribution in [0, 0.1) is 0 Å². The topological polar surface area (TPSA) is 72.0 Å². The van der Waals surface area contributed by atoms with Gasteiger partial charge in [-0.3, -0.25) is 0 Å². The molecule has 0 amide bonds. The molecule has 0 saturated heterocycles. The Hall–Kier alpha value is -1.95. The molecule has 0 aliphatic carbocycles. The van der Waals surface area contributed by atoms with E-state index in [1.165, 1.54) is 6.26 Å². The number of benzene rings is 1. The molecular formula is C12H13N3O2S. The van der Waals surface area contributed by atoms with Crippen molar-refractivity contribution in [2.75, 3.05) is 18.6 Å². The Balaban J connectivity index is 2.34. The van der Waals surface area contributed by atoms with E-state index in [2.05, 4.69) is 15.5 Å². The highest BCUT2D eigenvalue weighted by Crippen LogP contribution is 2.19. The normalized spacial score (nSPS) is 11.2. The standard InChI is InChI=1S/C12H13N3O2S/c1-13-12-8-7-11(14-15-12)9-3-5-10(6-4-9)18(2,16)17/h3-8H,1-2H3,(H,13,15). The van der Waals surface area contributed by atoms with E-state index in [1.54, 1.807) is 31.3 Å². The van der Waals surface area contributed by atoms with Gasteiger partial charge in [-0.05, 0) is 24.3 Å². The van der Waals surface area contributed by atoms with E-state index < -0.39 is 9.84 Å². The Morgan fingerprint density at radius 1 is 1.00 bits per heavy atom. The Bertz CT molecular complexity index is 634. The van der Waals surface area contributed by atoms with E-state index in [1.807, 2.05) is 12.1 Å². The summed E-state index contributed by atoms with van der Waals surface area (Å²) in [6, 6.07) is 10.2. The van der Waals surface area contributed by atoms with Crippen LogP contribution in [0.1, 0.15) is 0 Å². The van der Waals surface area contributed by atoms with Crippen LogP contribution in [0.5, 0.6) is 0 Å². The van der Waals surface area contributed by atoms with Crippen molar-refractivity contribution in [3.8, 4) is 11.3 Å². The fourth-order valence-electron chi connectivity index (χ4n) is 1.49. The summed E-state index contributed by atoms with van der Waals surface area (Å²) >= 11 is 0. The van der Waals surface area contributed by atoms with Crippen molar-refractivity contribution >= 4 is 15.7 Å². The average molecular weight is 263 g/mol. The number of nitrogens with zero attached hydrogens (tertiary/aromatic N) is 2. The summed E-state index contributed by atoms with van der Waals surface area (Å²) in [6.45, 7) is 0. The summed E-state index contributed by atoms with van der Waals surface area (Å²) in [6.07, 6.45) is 1.18. The molecule has 0 spiro atoms. The SMILES string of the molecule is CNc1ccc(-c2ccc(S(C)(=O)=O)cc2)nn1. The zero-order valence-corrected chi connectivity index (χ0v) is 10.9. The van der Waals surface area contributed by atoms with Gasteiger partial charge < -0.3 is 5.32 Å². The molecule has 94 valence electrons. The molecule has 0 aliphatic rings. The van der Waals surface area contributed by atoms with E-state index in [9.17, 15) is 8.42 Å². The van der Waals surface area contributed by atoms with Gasteiger partial charge >= 0.3 is 0 Å². The van der Waals surface area contributed by atoms with Gasteiger partial charge in [-0.1, -0.05) is 12.1 Å². The van der Waals surface area contributed by atoms with Crippen molar-refractivity contribution in [2.45, 2.75) is 4.90 Å². The summed E-state index contributed by atoms with van der Waals surface area (Å²) in [5, 5.41) is 10.9. The number of hydrogen-bond acceptors (Lipinski definition) is 5. The second-order valence-corrected chi connectivity index (χ2v) is 5.87. The molecule has 18 heavy (non-hydrogen) atoms. The minimum absolute atomic E-state index is 0.297. The molecule has 0 saturated carbocycles. The molecular weight excluding hydrogens is 250 g/mol. The van der Waals surface area contributed by atoms with Crippen molar-refractivity contribution in [3.63, 3.8) is 0 Å². The number of rotatable bonds is 3. The first-order chi connectivity index (χ1) is 8.50. The largest absolute Gasteiger partial charge is 0.372 e. The van der Waals surface area contributed by atoms with Crippen molar-refractivity contribution in [1.29, 1.82) is 0 Å². The monoisotopic (exact) mass is 263 g/mol. The zero-order valence-electron chi connectivity index (χ0n) is 10.1. The molecule has 1 aromatic carbocycles. The highest BCUT2D eigenvalue weighted by Gasteiger charge is 2.07. The molecule has 2 aromatic rings. The third kappa shape index (κ3) is 2.65. The van der Waals surface area contributed by atoms with Crippen LogP contribution in [-0.4, -0.2) is 31.9 Å². The van der Waals surface area contributed by atoms with E-state index >= 15 is 0 Å². The zero-order chi connectivity index (χ0) is 13.2. The number of aromatic nitrogens is 2. The molecule has 1 N–H and O–H groups in total. The second-order valence-electron chi connectivity index (χ2n) is 3.85. The maximum Gasteiger partial charge on any atom is 0.175 e. The van der Waals surface area contributed by atoms with Gasteiger partial charge in [0, 0.05) is 18.9 Å². The summed E-state index contributed by atoms with van der Waals surface area (Å²) < 4.78 is 22.7. The molecule has 0 radical (unpaired) electrons. The van der Waals surface area contributed by atoms with Crippen LogP contribution >= 0.6 is 0 Å². The molecule has 2 rings (SSSR count). The summed E-state index contributed by atoms with van der Waals surface area (Å²) in [5.74, 6) is 0.687. The molecule has 1 heterocycles. The average Bonchev–Trinajstić information content (AvgIpc) is 2.38. The van der Waals surface area contributed by atoms with Crippen LogP contribution < -0.4 is 5.32 Å². The fraction of sp³-hybridized carbons (Fsp3) is 0.167. The summed E-state index contributed by atoms with van der Waals surface area (Å²) in [4.78, 5) is 0.297. The lowest BCUT2D eigenvalue weighted by atomic mass is 10.1. The molecule has 0 atom stereocenters. The predicted molar refractivity (Wildman–Crippen MR) is 70.1 cm³/mol. The molecule has 1 aromatic heterocycles. The third-order valence-electron chi connectivity index (χ3n) is 2.50. The highest BCUT2D eigenvalue weighted by atomic mass is 32.2. The molecule has 6 heteroatoms. The molecule has 0 aliphatic heterocycles. The van der Waals surface area contributed by atoms with Gasteiger partial charge in [0.05, 0.1) is 10.6 Å². The lowest BCUT2D eigenvalue weighted by Crippen LogP contribution is -1.97. The van der Waals surface area contributed by atoms with Gasteiger partial charge in [-0.25, -0.2) is 8.42 Å². The van der Waals surface area contributed by atoms with E-state index in [4.69, 9.17) is 0 Å². The first kappa shape index (κ1) is 12.5. The smallest absolute Gasteiger partial charge is 0.175 e. The lowest BCUT2D eigenvalue weighted by Gasteiger charge is -2.03. The molecule has 0 bridgehead atoms. The Morgan fingerprint density at radius 2 is 1.67 bits per heavy atom. The van der Waals surface area contributed by atoms with Crippen molar-refractivity contribution in [2.24, 2.45) is 0 Å². The third-order valence-corrected chi connectivity index (χ3v) is 3.63. The van der Waals surface area contributed by atoms with Gasteiger partial charge in [-0.15, -0.1) is 10.2 Å². The quantitative estimate of drug-likeness (QED) is 0.910. The predicted octanol–water partition coefficient (Wildman–Crippen LogP) is 1.59. The number of hydrogen-bond donors (Lipinski definition) is 1. The molecule has 0 unspecified atom stereocenters. The van der Waals surface area contributed by atoms with Gasteiger partial charge in [0.1, 0.15) is 5.82 Å². The van der Waals surface area contributed by atoms with E-state index in [0.717, 1.165) is 5.56 Å². The first-order valence-corrected chi connectivity index (χ1v) is 7.22. The minimum Gasteiger partial charge on any atom is -0.372 e. The van der Waals surface area contributed by atoms with Gasteiger partial charge in [0.25, 0.3) is 0 Å². The van der Waals surface area contributed by atoms with Crippen molar-refractivity contribution < 1.29 is 8.42 Å². The van der Waals surface area contributed by atoms with Crippen molar-refractivity contribution in [1.82, 2.24) is 10.2 Å². The van der Waals surface area contributed by atoms with Crippen LogP contribution in [0.4, 0.5) is 5.82 Å². The first-order valence-electron chi connectivity index (χ1n) is 5.32. The molecule has 5 nitrogen and oxygen atoms in total. The summed E-state index contributed by atoms with van der Waals surface area (Å²) in [7, 11) is -1.39. The molecule has 0 fully saturated rings. The van der Waals surface area contributed by atoms with Crippen LogP contribution in [0.25, 0.3) is 11.3 Å². The number of sulfone groups is 1. The van der Waals surface area contributed by atoms with Crippen molar-refractivity contribution in [3.05, 3.63) is 36.4 Å². The second kappa shape index (κ2) is 4.73. The van der Waals surface area contributed by atoms with Gasteiger partial charge in [0.2, 0.25) is 0 Å². The van der Waals surface area contributed by atoms with E-state index in [0.29, 0.717) is 16.4 Å². The lowest BCUT2D eigenvalue weighted by molar-refractivity contribution is 0.602. The number of nitrogens with one attached hydrogen (secondary N) is 1. The number of anilines is 1. The minimum atomic E-state index is -3.16. The van der Waals surface area contributed by atoms with Crippen LogP contribution in [-0.2, 0) is 9.84 Å². The van der Waals surface area contributed by atoms with Gasteiger partial charge in [-0.2, -0.15) is 0 Å². The highest BCUT2D eigenvalue weighted by molar-refractivity contribution is 7.90. The Labute approximate surface area is 106 Å².